The van der Waals surface area contributed by atoms with Gasteiger partial charge in [0.2, 0.25) is 5.91 Å². The van der Waals surface area contributed by atoms with Crippen LogP contribution in [0.3, 0.4) is 0 Å². The molecule has 1 aromatic carbocycles. The summed E-state index contributed by atoms with van der Waals surface area (Å²) in [5.74, 6) is -1.95. The molecular formula is C10H6ClF4NO. The Morgan fingerprint density at radius 2 is 1.94 bits per heavy atom. The summed E-state index contributed by atoms with van der Waals surface area (Å²) in [6.45, 7) is 0. The summed E-state index contributed by atoms with van der Waals surface area (Å²) in [7, 11) is 0. The van der Waals surface area contributed by atoms with E-state index in [1.54, 1.807) is 0 Å². The second kappa shape index (κ2) is 4.75. The molecule has 0 heterocycles. The van der Waals surface area contributed by atoms with Crippen molar-refractivity contribution in [1.82, 2.24) is 0 Å². The second-order valence-corrected chi connectivity index (χ2v) is 3.50. The van der Waals surface area contributed by atoms with Crippen LogP contribution in [-0.4, -0.2) is 5.91 Å². The van der Waals surface area contributed by atoms with Gasteiger partial charge in [-0.3, -0.25) is 4.79 Å². The number of primary amides is 1. The van der Waals surface area contributed by atoms with Gasteiger partial charge in [0.1, 0.15) is 5.82 Å². The third-order valence-corrected chi connectivity index (χ3v) is 2.09. The predicted octanol–water partition coefficient (Wildman–Crippen LogP) is 3.00. The number of halogens is 5. The highest BCUT2D eigenvalue weighted by Gasteiger charge is 2.31. The lowest BCUT2D eigenvalue weighted by Gasteiger charge is -2.09. The van der Waals surface area contributed by atoms with E-state index in [0.717, 1.165) is 12.2 Å². The summed E-state index contributed by atoms with van der Waals surface area (Å²) in [4.78, 5) is 10.4. The molecule has 17 heavy (non-hydrogen) atoms. The topological polar surface area (TPSA) is 43.1 Å². The highest BCUT2D eigenvalue weighted by molar-refractivity contribution is 6.31. The number of carbonyl (C=O) groups is 1. The third kappa shape index (κ3) is 3.45. The number of carbonyl (C=O) groups excluding carboxylic acids is 1. The van der Waals surface area contributed by atoms with E-state index < -0.39 is 34.1 Å². The zero-order valence-electron chi connectivity index (χ0n) is 8.18. The van der Waals surface area contributed by atoms with Gasteiger partial charge in [-0.15, -0.1) is 0 Å². The number of amides is 1. The standard InChI is InChI=1S/C10H6ClF4NO/c11-7-4-6(10(13,14)15)3-5(9(7)12)1-2-8(16)17/h1-4H,(H2,16,17)/b2-1+. The van der Waals surface area contributed by atoms with Crippen molar-refractivity contribution in [1.29, 1.82) is 0 Å². The fourth-order valence-corrected chi connectivity index (χ4v) is 1.29. The Balaban J connectivity index is 3.30. The van der Waals surface area contributed by atoms with E-state index in [2.05, 4.69) is 0 Å². The van der Waals surface area contributed by atoms with Gasteiger partial charge >= 0.3 is 6.18 Å². The fourth-order valence-electron chi connectivity index (χ4n) is 1.07. The molecule has 0 aliphatic carbocycles. The largest absolute Gasteiger partial charge is 0.416 e. The van der Waals surface area contributed by atoms with Crippen molar-refractivity contribution in [2.24, 2.45) is 5.73 Å². The van der Waals surface area contributed by atoms with Gasteiger partial charge < -0.3 is 5.73 Å². The molecule has 1 rings (SSSR count). The first-order valence-corrected chi connectivity index (χ1v) is 4.63. The summed E-state index contributed by atoms with van der Waals surface area (Å²) in [5.41, 5.74) is 3.19. The summed E-state index contributed by atoms with van der Waals surface area (Å²) in [6.07, 6.45) is -3.07. The number of nitrogens with two attached hydrogens (primary N) is 1. The normalized spacial score (nSPS) is 12.1. The van der Waals surface area contributed by atoms with Crippen molar-refractivity contribution >= 4 is 23.6 Å². The number of hydrogen-bond acceptors (Lipinski definition) is 1. The lowest BCUT2D eigenvalue weighted by atomic mass is 10.1. The van der Waals surface area contributed by atoms with Crippen LogP contribution in [-0.2, 0) is 11.0 Å². The van der Waals surface area contributed by atoms with Crippen LogP contribution < -0.4 is 5.73 Å². The van der Waals surface area contributed by atoms with Crippen molar-refractivity contribution in [2.45, 2.75) is 6.18 Å². The Kier molecular flexibility index (Phi) is 3.77. The molecule has 0 fully saturated rings. The lowest BCUT2D eigenvalue weighted by molar-refractivity contribution is -0.137. The molecule has 0 saturated heterocycles. The number of alkyl halides is 3. The smallest absolute Gasteiger partial charge is 0.366 e. The van der Waals surface area contributed by atoms with E-state index in [-0.39, 0.29) is 0 Å². The lowest BCUT2D eigenvalue weighted by Crippen LogP contribution is -2.07. The molecule has 0 aliphatic rings. The van der Waals surface area contributed by atoms with Gasteiger partial charge in [-0.05, 0) is 18.2 Å². The summed E-state index contributed by atoms with van der Waals surface area (Å²) in [5, 5.41) is -0.677. The van der Waals surface area contributed by atoms with E-state index in [1.807, 2.05) is 0 Å². The van der Waals surface area contributed by atoms with Crippen molar-refractivity contribution in [3.05, 3.63) is 40.2 Å². The van der Waals surface area contributed by atoms with Crippen molar-refractivity contribution in [2.75, 3.05) is 0 Å². The summed E-state index contributed by atoms with van der Waals surface area (Å²) in [6, 6.07) is 1.01. The van der Waals surface area contributed by atoms with Crippen molar-refractivity contribution in [3.63, 3.8) is 0 Å². The average molecular weight is 268 g/mol. The molecule has 0 unspecified atom stereocenters. The van der Waals surface area contributed by atoms with Gasteiger partial charge in [0.25, 0.3) is 0 Å². The predicted molar refractivity (Wildman–Crippen MR) is 54.6 cm³/mol. The van der Waals surface area contributed by atoms with E-state index in [9.17, 15) is 22.4 Å². The molecule has 0 spiro atoms. The minimum atomic E-state index is -4.65. The second-order valence-electron chi connectivity index (χ2n) is 3.09. The van der Waals surface area contributed by atoms with Crippen LogP contribution in [0.2, 0.25) is 5.02 Å². The number of rotatable bonds is 2. The zero-order chi connectivity index (χ0) is 13.2. The molecule has 0 aliphatic heterocycles. The van der Waals surface area contributed by atoms with Crippen LogP contribution in [0.1, 0.15) is 11.1 Å². The van der Waals surface area contributed by atoms with E-state index in [4.69, 9.17) is 17.3 Å². The SMILES string of the molecule is NC(=O)/C=C/c1cc(C(F)(F)F)cc(Cl)c1F. The first-order valence-electron chi connectivity index (χ1n) is 4.25. The molecule has 0 radical (unpaired) electrons. The molecule has 0 saturated carbocycles. The molecule has 0 atom stereocenters. The molecular weight excluding hydrogens is 262 g/mol. The molecule has 2 nitrogen and oxygen atoms in total. The summed E-state index contributed by atoms with van der Waals surface area (Å²) >= 11 is 5.32. The van der Waals surface area contributed by atoms with Gasteiger partial charge in [-0.25, -0.2) is 4.39 Å². The van der Waals surface area contributed by atoms with Gasteiger partial charge in [-0.1, -0.05) is 11.6 Å². The molecule has 92 valence electrons. The third-order valence-electron chi connectivity index (χ3n) is 1.81. The molecule has 0 aromatic heterocycles. The molecule has 1 aromatic rings. The van der Waals surface area contributed by atoms with Crippen LogP contribution in [0.25, 0.3) is 6.08 Å². The molecule has 1 amide bonds. The fraction of sp³-hybridized carbons (Fsp3) is 0.100. The van der Waals surface area contributed by atoms with E-state index in [1.165, 1.54) is 0 Å². The quantitative estimate of drug-likeness (QED) is 0.650. The Labute approximate surface area is 98.7 Å². The van der Waals surface area contributed by atoms with Gasteiger partial charge in [0.15, 0.2) is 0 Å². The number of benzene rings is 1. The highest BCUT2D eigenvalue weighted by Crippen LogP contribution is 2.33. The summed E-state index contributed by atoms with van der Waals surface area (Å²) < 4.78 is 50.5. The van der Waals surface area contributed by atoms with Crippen molar-refractivity contribution < 1.29 is 22.4 Å². The van der Waals surface area contributed by atoms with Crippen LogP contribution in [0.5, 0.6) is 0 Å². The Morgan fingerprint density at radius 3 is 2.41 bits per heavy atom. The van der Waals surface area contributed by atoms with Crippen LogP contribution in [0.4, 0.5) is 17.6 Å². The molecule has 0 bridgehead atoms. The van der Waals surface area contributed by atoms with Gasteiger partial charge in [0.05, 0.1) is 10.6 Å². The van der Waals surface area contributed by atoms with E-state index >= 15 is 0 Å². The number of hydrogen-bond donors (Lipinski definition) is 1. The first-order chi connectivity index (χ1) is 7.71. The van der Waals surface area contributed by atoms with Crippen LogP contribution in [0, 0.1) is 5.82 Å². The maximum atomic E-state index is 13.3. The van der Waals surface area contributed by atoms with Gasteiger partial charge in [-0.2, -0.15) is 13.2 Å². The van der Waals surface area contributed by atoms with Crippen LogP contribution >= 0.6 is 11.6 Å². The van der Waals surface area contributed by atoms with Crippen LogP contribution in [0.15, 0.2) is 18.2 Å². The maximum absolute atomic E-state index is 13.3. The minimum absolute atomic E-state index is 0.455. The zero-order valence-corrected chi connectivity index (χ0v) is 8.94. The molecule has 7 heteroatoms. The first kappa shape index (κ1) is 13.5. The highest BCUT2D eigenvalue weighted by atomic mass is 35.5. The van der Waals surface area contributed by atoms with Gasteiger partial charge in [0, 0.05) is 11.6 Å². The Bertz CT molecular complexity index is 482. The Hall–Kier alpha value is -1.56. The van der Waals surface area contributed by atoms with E-state index in [0.29, 0.717) is 12.1 Å². The Morgan fingerprint density at radius 1 is 1.35 bits per heavy atom. The average Bonchev–Trinajstić information content (AvgIpc) is 2.18. The molecule has 2 N–H and O–H groups in total. The maximum Gasteiger partial charge on any atom is 0.416 e. The monoisotopic (exact) mass is 267 g/mol. The van der Waals surface area contributed by atoms with Crippen molar-refractivity contribution in [3.8, 4) is 0 Å². The minimum Gasteiger partial charge on any atom is -0.366 e.